The van der Waals surface area contributed by atoms with Crippen LogP contribution in [0, 0.1) is 13.8 Å². The van der Waals surface area contributed by atoms with Crippen molar-refractivity contribution < 1.29 is 9.53 Å². The lowest BCUT2D eigenvalue weighted by molar-refractivity contribution is -0.138. The maximum Gasteiger partial charge on any atom is 0.230 e. The Morgan fingerprint density at radius 3 is 2.78 bits per heavy atom. The molecule has 1 amide bonds. The molecule has 1 fully saturated rings. The summed E-state index contributed by atoms with van der Waals surface area (Å²) in [5.74, 6) is 0.552. The summed E-state index contributed by atoms with van der Waals surface area (Å²) in [5, 5.41) is 0. The fourth-order valence-electron chi connectivity index (χ4n) is 2.54. The van der Waals surface area contributed by atoms with Crippen LogP contribution in [0.1, 0.15) is 28.7 Å². The minimum absolute atomic E-state index is 0.00821. The Balaban J connectivity index is 1.67. The van der Waals surface area contributed by atoms with Gasteiger partial charge in [0.15, 0.2) is 0 Å². The first-order valence-corrected chi connectivity index (χ1v) is 7.57. The standard InChI is InChI=1S/C16H19N5O2/c1-11-6-18-14(19-7-11)5-15(22)21-3-4-23-13(9-21)16-12(2)8-17-10-20-16/h6-8,10,13H,3-5,9H2,1-2H3. The molecule has 0 radical (unpaired) electrons. The quantitative estimate of drug-likeness (QED) is 0.842. The normalized spacial score (nSPS) is 18.0. The van der Waals surface area contributed by atoms with Gasteiger partial charge in [0, 0.05) is 25.1 Å². The molecular formula is C16H19N5O2. The highest BCUT2D eigenvalue weighted by Gasteiger charge is 2.27. The van der Waals surface area contributed by atoms with E-state index in [-0.39, 0.29) is 18.4 Å². The number of carbonyl (C=O) groups excluding carboxylic acids is 1. The Morgan fingerprint density at radius 1 is 1.26 bits per heavy atom. The van der Waals surface area contributed by atoms with Crippen molar-refractivity contribution in [2.24, 2.45) is 0 Å². The van der Waals surface area contributed by atoms with Crippen molar-refractivity contribution in [1.29, 1.82) is 0 Å². The monoisotopic (exact) mass is 313 g/mol. The van der Waals surface area contributed by atoms with E-state index in [0.29, 0.717) is 25.5 Å². The second-order valence-corrected chi connectivity index (χ2v) is 5.64. The van der Waals surface area contributed by atoms with E-state index in [9.17, 15) is 4.79 Å². The second-order valence-electron chi connectivity index (χ2n) is 5.64. The first kappa shape index (κ1) is 15.5. The maximum atomic E-state index is 12.5. The van der Waals surface area contributed by atoms with Crippen LogP contribution in [0.15, 0.2) is 24.9 Å². The lowest BCUT2D eigenvalue weighted by Gasteiger charge is -2.33. The second kappa shape index (κ2) is 6.78. The SMILES string of the molecule is Cc1cnc(CC(=O)N2CCOC(c3ncncc3C)C2)nc1. The smallest absolute Gasteiger partial charge is 0.230 e. The number of nitrogens with zero attached hydrogens (tertiary/aromatic N) is 5. The van der Waals surface area contributed by atoms with Crippen molar-refractivity contribution >= 4 is 5.91 Å². The molecule has 7 nitrogen and oxygen atoms in total. The van der Waals surface area contributed by atoms with Gasteiger partial charge in [0.25, 0.3) is 0 Å². The van der Waals surface area contributed by atoms with Gasteiger partial charge >= 0.3 is 0 Å². The highest BCUT2D eigenvalue weighted by molar-refractivity contribution is 5.78. The van der Waals surface area contributed by atoms with E-state index in [4.69, 9.17) is 4.74 Å². The molecule has 0 spiro atoms. The van der Waals surface area contributed by atoms with Crippen LogP contribution in [0.25, 0.3) is 0 Å². The average Bonchev–Trinajstić information content (AvgIpc) is 2.57. The number of rotatable bonds is 3. The van der Waals surface area contributed by atoms with Crippen LogP contribution in [0.2, 0.25) is 0 Å². The Hall–Kier alpha value is -2.41. The van der Waals surface area contributed by atoms with Crippen molar-refractivity contribution in [2.45, 2.75) is 26.4 Å². The summed E-state index contributed by atoms with van der Waals surface area (Å²) in [6, 6.07) is 0. The van der Waals surface area contributed by atoms with E-state index < -0.39 is 0 Å². The number of carbonyl (C=O) groups is 1. The number of ether oxygens (including phenoxy) is 1. The van der Waals surface area contributed by atoms with Gasteiger partial charge in [-0.15, -0.1) is 0 Å². The van der Waals surface area contributed by atoms with E-state index in [1.165, 1.54) is 6.33 Å². The summed E-state index contributed by atoms with van der Waals surface area (Å²) in [5.41, 5.74) is 2.78. The van der Waals surface area contributed by atoms with Crippen LogP contribution in [-0.2, 0) is 16.0 Å². The summed E-state index contributed by atoms with van der Waals surface area (Å²) in [6.45, 7) is 5.42. The van der Waals surface area contributed by atoms with Gasteiger partial charge in [-0.2, -0.15) is 0 Å². The molecule has 1 aliphatic heterocycles. The Kier molecular flexibility index (Phi) is 4.57. The molecule has 0 aliphatic carbocycles. The highest BCUT2D eigenvalue weighted by Crippen LogP contribution is 2.22. The third-order valence-corrected chi connectivity index (χ3v) is 3.80. The third-order valence-electron chi connectivity index (χ3n) is 3.80. The zero-order chi connectivity index (χ0) is 16.2. The Labute approximate surface area is 134 Å². The molecule has 120 valence electrons. The van der Waals surface area contributed by atoms with E-state index in [1.54, 1.807) is 23.5 Å². The van der Waals surface area contributed by atoms with E-state index in [1.807, 2.05) is 13.8 Å². The molecule has 3 rings (SSSR count). The minimum atomic E-state index is -0.213. The molecular weight excluding hydrogens is 294 g/mol. The molecule has 0 aromatic carbocycles. The van der Waals surface area contributed by atoms with Crippen molar-refractivity contribution in [3.05, 3.63) is 47.6 Å². The Morgan fingerprint density at radius 2 is 2.04 bits per heavy atom. The predicted molar refractivity (Wildman–Crippen MR) is 82.5 cm³/mol. The van der Waals surface area contributed by atoms with E-state index >= 15 is 0 Å². The van der Waals surface area contributed by atoms with E-state index in [2.05, 4.69) is 19.9 Å². The van der Waals surface area contributed by atoms with Crippen molar-refractivity contribution in [2.75, 3.05) is 19.7 Å². The van der Waals surface area contributed by atoms with Crippen LogP contribution < -0.4 is 0 Å². The van der Waals surface area contributed by atoms with Crippen LogP contribution in [0.3, 0.4) is 0 Å². The molecule has 0 saturated carbocycles. The van der Waals surface area contributed by atoms with Gasteiger partial charge < -0.3 is 9.64 Å². The van der Waals surface area contributed by atoms with Crippen LogP contribution in [0.4, 0.5) is 0 Å². The van der Waals surface area contributed by atoms with Crippen LogP contribution in [-0.4, -0.2) is 50.4 Å². The Bertz CT molecular complexity index is 689. The molecule has 23 heavy (non-hydrogen) atoms. The number of amides is 1. The predicted octanol–water partition coefficient (Wildman–Crippen LogP) is 1.03. The summed E-state index contributed by atoms with van der Waals surface area (Å²) in [6.07, 6.45) is 6.70. The van der Waals surface area contributed by atoms with E-state index in [0.717, 1.165) is 16.8 Å². The molecule has 2 aromatic rings. The number of morpholine rings is 1. The molecule has 2 aromatic heterocycles. The summed E-state index contributed by atoms with van der Waals surface area (Å²) < 4.78 is 5.78. The van der Waals surface area contributed by atoms with Crippen molar-refractivity contribution in [3.8, 4) is 0 Å². The summed E-state index contributed by atoms with van der Waals surface area (Å²) in [4.78, 5) is 30.9. The molecule has 1 atom stereocenters. The molecule has 0 bridgehead atoms. The molecule has 1 saturated heterocycles. The average molecular weight is 313 g/mol. The van der Waals surface area contributed by atoms with Crippen molar-refractivity contribution in [3.63, 3.8) is 0 Å². The van der Waals surface area contributed by atoms with Crippen LogP contribution in [0.5, 0.6) is 0 Å². The largest absolute Gasteiger partial charge is 0.368 e. The third kappa shape index (κ3) is 3.68. The van der Waals surface area contributed by atoms with Gasteiger partial charge in [0.1, 0.15) is 18.3 Å². The van der Waals surface area contributed by atoms with Crippen molar-refractivity contribution in [1.82, 2.24) is 24.8 Å². The topological polar surface area (TPSA) is 81.1 Å². The number of hydrogen-bond donors (Lipinski definition) is 0. The molecule has 1 aliphatic rings. The molecule has 7 heteroatoms. The first-order chi connectivity index (χ1) is 11.1. The zero-order valence-corrected chi connectivity index (χ0v) is 13.3. The summed E-state index contributed by atoms with van der Waals surface area (Å²) >= 11 is 0. The highest BCUT2D eigenvalue weighted by atomic mass is 16.5. The van der Waals surface area contributed by atoms with Gasteiger partial charge in [-0.05, 0) is 25.0 Å². The lowest BCUT2D eigenvalue weighted by atomic mass is 10.1. The van der Waals surface area contributed by atoms with Gasteiger partial charge in [0.2, 0.25) is 5.91 Å². The minimum Gasteiger partial charge on any atom is -0.368 e. The number of aromatic nitrogens is 4. The molecule has 0 N–H and O–H groups in total. The fourth-order valence-corrected chi connectivity index (χ4v) is 2.54. The van der Waals surface area contributed by atoms with Crippen LogP contribution >= 0.6 is 0 Å². The molecule has 3 heterocycles. The zero-order valence-electron chi connectivity index (χ0n) is 13.3. The lowest BCUT2D eigenvalue weighted by Crippen LogP contribution is -2.43. The number of hydrogen-bond acceptors (Lipinski definition) is 6. The fraction of sp³-hybridized carbons (Fsp3) is 0.438. The maximum absolute atomic E-state index is 12.5. The first-order valence-electron chi connectivity index (χ1n) is 7.57. The molecule has 1 unspecified atom stereocenters. The van der Waals surface area contributed by atoms with Gasteiger partial charge in [-0.25, -0.2) is 19.9 Å². The van der Waals surface area contributed by atoms with Gasteiger partial charge in [-0.3, -0.25) is 4.79 Å². The number of aryl methyl sites for hydroxylation is 2. The van der Waals surface area contributed by atoms with Gasteiger partial charge in [0.05, 0.1) is 25.3 Å². The summed E-state index contributed by atoms with van der Waals surface area (Å²) in [7, 11) is 0. The van der Waals surface area contributed by atoms with Gasteiger partial charge in [-0.1, -0.05) is 0 Å².